The highest BCUT2D eigenvalue weighted by Crippen LogP contribution is 2.47. The van der Waals surface area contributed by atoms with E-state index in [0.29, 0.717) is 24.5 Å². The second-order valence-electron chi connectivity index (χ2n) is 6.31. The van der Waals surface area contributed by atoms with Gasteiger partial charge < -0.3 is 15.3 Å². The minimum absolute atomic E-state index is 0.268. The third-order valence-electron chi connectivity index (χ3n) is 4.17. The topological polar surface area (TPSA) is 52.6 Å². The first-order valence-corrected chi connectivity index (χ1v) is 6.06. The van der Waals surface area contributed by atoms with E-state index in [9.17, 15) is 4.79 Å². The molecule has 0 aromatic carbocycles. The van der Waals surface area contributed by atoms with Gasteiger partial charge in [-0.1, -0.05) is 20.8 Å². The minimum Gasteiger partial charge on any atom is -0.465 e. The average Bonchev–Trinajstić information content (AvgIpc) is 2.13. The number of rotatable bonds is 0. The average molecular weight is 226 g/mol. The molecule has 0 unspecified atom stereocenters. The number of carboxylic acid groups (broad SMARTS) is 1. The molecule has 2 aliphatic rings. The molecule has 1 atom stereocenters. The van der Waals surface area contributed by atoms with Crippen molar-refractivity contribution in [2.75, 3.05) is 19.6 Å². The summed E-state index contributed by atoms with van der Waals surface area (Å²) in [5, 5.41) is 12.5. The lowest BCUT2D eigenvalue weighted by Gasteiger charge is -2.59. The van der Waals surface area contributed by atoms with Crippen LogP contribution in [0.2, 0.25) is 0 Å². The second-order valence-corrected chi connectivity index (χ2v) is 6.31. The van der Waals surface area contributed by atoms with E-state index >= 15 is 0 Å². The monoisotopic (exact) mass is 226 g/mol. The quantitative estimate of drug-likeness (QED) is 0.662. The smallest absolute Gasteiger partial charge is 0.407 e. The molecule has 1 spiro atoms. The predicted octanol–water partition coefficient (Wildman–Crippen LogP) is 1.76. The van der Waals surface area contributed by atoms with Gasteiger partial charge in [-0.2, -0.15) is 0 Å². The van der Waals surface area contributed by atoms with Crippen molar-refractivity contribution in [1.82, 2.24) is 10.2 Å². The fraction of sp³-hybridized carbons (Fsp3) is 0.917. The van der Waals surface area contributed by atoms with Crippen molar-refractivity contribution >= 4 is 6.09 Å². The van der Waals surface area contributed by atoms with Gasteiger partial charge in [-0.25, -0.2) is 4.79 Å². The van der Waals surface area contributed by atoms with E-state index in [4.69, 9.17) is 5.11 Å². The van der Waals surface area contributed by atoms with E-state index in [2.05, 4.69) is 26.1 Å². The van der Waals surface area contributed by atoms with Crippen molar-refractivity contribution in [1.29, 1.82) is 0 Å². The Kier molecular flexibility index (Phi) is 2.65. The van der Waals surface area contributed by atoms with Crippen LogP contribution in [0, 0.1) is 10.8 Å². The summed E-state index contributed by atoms with van der Waals surface area (Å²) in [4.78, 5) is 12.4. The highest BCUT2D eigenvalue weighted by atomic mass is 16.4. The number of amides is 1. The predicted molar refractivity (Wildman–Crippen MR) is 62.5 cm³/mol. The molecule has 1 amide bonds. The maximum Gasteiger partial charge on any atom is 0.407 e. The molecule has 0 aromatic heterocycles. The second kappa shape index (κ2) is 3.62. The molecule has 0 saturated carbocycles. The fourth-order valence-electron chi connectivity index (χ4n) is 3.33. The molecule has 2 heterocycles. The van der Waals surface area contributed by atoms with Gasteiger partial charge in [0.25, 0.3) is 0 Å². The number of piperidine rings is 1. The molecule has 4 nitrogen and oxygen atoms in total. The molecule has 2 N–H and O–H groups in total. The molecule has 16 heavy (non-hydrogen) atoms. The standard InChI is InChI=1S/C12H22N2O2/c1-11(2,3)9-12(8-13-9)4-6-14(7-5-12)10(15)16/h9,13H,4-8H2,1-3H3,(H,15,16)/t9-/m1/s1. The molecule has 0 aromatic rings. The molecule has 0 aliphatic carbocycles. The van der Waals surface area contributed by atoms with Crippen LogP contribution in [0.3, 0.4) is 0 Å². The Morgan fingerprint density at radius 2 is 1.94 bits per heavy atom. The van der Waals surface area contributed by atoms with Crippen molar-refractivity contribution in [3.05, 3.63) is 0 Å². The zero-order valence-corrected chi connectivity index (χ0v) is 10.4. The Hall–Kier alpha value is -0.770. The normalized spacial score (nSPS) is 28.9. The maximum atomic E-state index is 10.9. The molecular weight excluding hydrogens is 204 g/mol. The molecule has 2 aliphatic heterocycles. The van der Waals surface area contributed by atoms with Gasteiger partial charge in [-0.15, -0.1) is 0 Å². The molecule has 92 valence electrons. The number of likely N-dealkylation sites (tertiary alicyclic amines) is 1. The van der Waals surface area contributed by atoms with Gasteiger partial charge in [0.2, 0.25) is 0 Å². The summed E-state index contributed by atoms with van der Waals surface area (Å²) >= 11 is 0. The summed E-state index contributed by atoms with van der Waals surface area (Å²) in [7, 11) is 0. The van der Waals surface area contributed by atoms with E-state index in [0.717, 1.165) is 19.4 Å². The summed E-state index contributed by atoms with van der Waals surface area (Å²) in [6, 6.07) is 0.538. The maximum absolute atomic E-state index is 10.9. The fourth-order valence-corrected chi connectivity index (χ4v) is 3.33. The zero-order valence-electron chi connectivity index (χ0n) is 10.4. The van der Waals surface area contributed by atoms with E-state index in [-0.39, 0.29) is 5.41 Å². The Labute approximate surface area is 97.0 Å². The highest BCUT2D eigenvalue weighted by molar-refractivity contribution is 5.65. The van der Waals surface area contributed by atoms with Crippen molar-refractivity contribution in [3.8, 4) is 0 Å². The van der Waals surface area contributed by atoms with Gasteiger partial charge in [0.05, 0.1) is 0 Å². The summed E-state index contributed by atoms with van der Waals surface area (Å²) in [5.74, 6) is 0. The van der Waals surface area contributed by atoms with Crippen molar-refractivity contribution in [3.63, 3.8) is 0 Å². The van der Waals surface area contributed by atoms with E-state index in [1.807, 2.05) is 0 Å². The highest BCUT2D eigenvalue weighted by Gasteiger charge is 2.52. The van der Waals surface area contributed by atoms with Crippen LogP contribution in [0.25, 0.3) is 0 Å². The molecule has 2 rings (SSSR count). The number of hydrogen-bond acceptors (Lipinski definition) is 2. The third kappa shape index (κ3) is 1.79. The van der Waals surface area contributed by atoms with Gasteiger partial charge in [0, 0.05) is 31.1 Å². The first-order valence-electron chi connectivity index (χ1n) is 6.06. The number of hydrogen-bond donors (Lipinski definition) is 2. The first-order chi connectivity index (χ1) is 7.35. The van der Waals surface area contributed by atoms with Crippen molar-refractivity contribution in [2.45, 2.75) is 39.7 Å². The molecule has 2 saturated heterocycles. The van der Waals surface area contributed by atoms with Crippen LogP contribution in [0.5, 0.6) is 0 Å². The SMILES string of the molecule is CC(C)(C)[C@H]1NCC12CCN(C(=O)O)CC2. The lowest BCUT2D eigenvalue weighted by Crippen LogP contribution is -2.70. The Morgan fingerprint density at radius 1 is 1.38 bits per heavy atom. The Morgan fingerprint density at radius 3 is 2.25 bits per heavy atom. The Bertz CT molecular complexity index is 288. The van der Waals surface area contributed by atoms with Gasteiger partial charge in [-0.05, 0) is 18.3 Å². The van der Waals surface area contributed by atoms with Gasteiger partial charge >= 0.3 is 6.09 Å². The number of nitrogens with zero attached hydrogens (tertiary/aromatic N) is 1. The lowest BCUT2D eigenvalue weighted by atomic mass is 9.59. The number of nitrogens with one attached hydrogen (secondary N) is 1. The van der Waals surface area contributed by atoms with Gasteiger partial charge in [0.15, 0.2) is 0 Å². The summed E-state index contributed by atoms with van der Waals surface area (Å²) in [5.41, 5.74) is 0.619. The lowest BCUT2D eigenvalue weighted by molar-refractivity contribution is -0.0391. The zero-order chi connectivity index (χ0) is 12.0. The van der Waals surface area contributed by atoms with Crippen LogP contribution in [0.15, 0.2) is 0 Å². The molecule has 2 fully saturated rings. The van der Waals surface area contributed by atoms with Gasteiger partial charge in [-0.3, -0.25) is 0 Å². The molecule has 4 heteroatoms. The van der Waals surface area contributed by atoms with Gasteiger partial charge in [0.1, 0.15) is 0 Å². The van der Waals surface area contributed by atoms with E-state index in [1.165, 1.54) is 0 Å². The molecule has 0 radical (unpaired) electrons. The Balaban J connectivity index is 2.00. The third-order valence-corrected chi connectivity index (χ3v) is 4.17. The largest absolute Gasteiger partial charge is 0.465 e. The summed E-state index contributed by atoms with van der Waals surface area (Å²) < 4.78 is 0. The van der Waals surface area contributed by atoms with Crippen LogP contribution in [-0.4, -0.2) is 41.8 Å². The molecule has 0 bridgehead atoms. The number of carbonyl (C=O) groups is 1. The van der Waals surface area contributed by atoms with Crippen molar-refractivity contribution in [2.24, 2.45) is 10.8 Å². The van der Waals surface area contributed by atoms with Crippen LogP contribution in [0.4, 0.5) is 4.79 Å². The van der Waals surface area contributed by atoms with Crippen LogP contribution in [0.1, 0.15) is 33.6 Å². The minimum atomic E-state index is -0.769. The van der Waals surface area contributed by atoms with Crippen LogP contribution >= 0.6 is 0 Å². The van der Waals surface area contributed by atoms with Crippen molar-refractivity contribution < 1.29 is 9.90 Å². The molecular formula is C12H22N2O2. The first kappa shape index (κ1) is 11.7. The van der Waals surface area contributed by atoms with E-state index in [1.54, 1.807) is 4.90 Å². The summed E-state index contributed by atoms with van der Waals surface area (Å²) in [6.45, 7) is 9.23. The van der Waals surface area contributed by atoms with E-state index < -0.39 is 6.09 Å². The van der Waals surface area contributed by atoms with Crippen LogP contribution < -0.4 is 5.32 Å². The summed E-state index contributed by atoms with van der Waals surface area (Å²) in [6.07, 6.45) is 1.25. The van der Waals surface area contributed by atoms with Crippen LogP contribution in [-0.2, 0) is 0 Å².